The number of carbonyl (C=O) groups is 1. The standard InChI is InChI=1S/C16H23FN2O3/c1-22-15-9-11(3-5-14(15)17)6-7-18-16(21)19-10-12-2-4-13(20)8-12/h3,5,9,12-13,20H,2,4,6-8,10H2,1H3,(H2,18,19,21)/t12-,13-/m1/s1. The number of halogens is 1. The van der Waals surface area contributed by atoms with Crippen molar-refractivity contribution in [2.45, 2.75) is 31.8 Å². The van der Waals surface area contributed by atoms with Gasteiger partial charge >= 0.3 is 6.03 Å². The van der Waals surface area contributed by atoms with Crippen LogP contribution in [0, 0.1) is 11.7 Å². The summed E-state index contributed by atoms with van der Waals surface area (Å²) in [5.41, 5.74) is 0.900. The molecule has 0 saturated heterocycles. The van der Waals surface area contributed by atoms with Crippen LogP contribution in [-0.4, -0.2) is 37.4 Å². The Morgan fingerprint density at radius 3 is 2.91 bits per heavy atom. The van der Waals surface area contributed by atoms with Crippen LogP contribution < -0.4 is 15.4 Å². The van der Waals surface area contributed by atoms with Gasteiger partial charge in [-0.25, -0.2) is 9.18 Å². The van der Waals surface area contributed by atoms with Gasteiger partial charge in [0, 0.05) is 13.1 Å². The number of hydrogen-bond acceptors (Lipinski definition) is 3. The van der Waals surface area contributed by atoms with Crippen LogP contribution >= 0.6 is 0 Å². The molecule has 3 N–H and O–H groups in total. The van der Waals surface area contributed by atoms with Gasteiger partial charge in [-0.05, 0) is 49.3 Å². The van der Waals surface area contributed by atoms with Crippen LogP contribution in [0.4, 0.5) is 9.18 Å². The maximum absolute atomic E-state index is 13.3. The molecule has 5 nitrogen and oxygen atoms in total. The highest BCUT2D eigenvalue weighted by atomic mass is 19.1. The zero-order valence-electron chi connectivity index (χ0n) is 12.8. The zero-order valence-corrected chi connectivity index (χ0v) is 12.8. The van der Waals surface area contributed by atoms with Crippen LogP contribution in [0.25, 0.3) is 0 Å². The Hall–Kier alpha value is -1.82. The van der Waals surface area contributed by atoms with E-state index in [0.29, 0.717) is 25.4 Å². The lowest BCUT2D eigenvalue weighted by atomic mass is 10.1. The van der Waals surface area contributed by atoms with E-state index in [0.717, 1.165) is 24.8 Å². The normalized spacial score (nSPS) is 20.7. The molecule has 2 atom stereocenters. The van der Waals surface area contributed by atoms with Crippen LogP contribution in [0.2, 0.25) is 0 Å². The molecule has 1 aliphatic rings. The lowest BCUT2D eigenvalue weighted by molar-refractivity contribution is 0.177. The van der Waals surface area contributed by atoms with Crippen LogP contribution in [0.15, 0.2) is 18.2 Å². The first-order chi connectivity index (χ1) is 10.6. The number of rotatable bonds is 6. The van der Waals surface area contributed by atoms with E-state index in [1.54, 1.807) is 12.1 Å². The Morgan fingerprint density at radius 2 is 2.23 bits per heavy atom. The van der Waals surface area contributed by atoms with E-state index in [2.05, 4.69) is 10.6 Å². The molecule has 1 fully saturated rings. The fraction of sp³-hybridized carbons (Fsp3) is 0.562. The zero-order chi connectivity index (χ0) is 15.9. The minimum Gasteiger partial charge on any atom is -0.494 e. The average Bonchev–Trinajstić information content (AvgIpc) is 2.92. The molecule has 0 heterocycles. The lowest BCUT2D eigenvalue weighted by Crippen LogP contribution is -2.38. The highest BCUT2D eigenvalue weighted by Gasteiger charge is 2.22. The number of aliphatic hydroxyl groups is 1. The molecule has 122 valence electrons. The van der Waals surface area contributed by atoms with Gasteiger partial charge < -0.3 is 20.5 Å². The number of urea groups is 1. The summed E-state index contributed by atoms with van der Waals surface area (Å²) in [6.07, 6.45) is 2.92. The molecule has 2 rings (SSSR count). The molecule has 2 amide bonds. The molecule has 1 saturated carbocycles. The molecule has 6 heteroatoms. The maximum Gasteiger partial charge on any atom is 0.314 e. The lowest BCUT2D eigenvalue weighted by Gasteiger charge is -2.12. The number of aliphatic hydroxyl groups excluding tert-OH is 1. The molecule has 0 aliphatic heterocycles. The molecular weight excluding hydrogens is 287 g/mol. The number of methoxy groups -OCH3 is 1. The van der Waals surface area contributed by atoms with Gasteiger partial charge in [-0.3, -0.25) is 0 Å². The third-order valence-electron chi connectivity index (χ3n) is 3.98. The summed E-state index contributed by atoms with van der Waals surface area (Å²) in [5.74, 6) is 0.180. The molecule has 1 aromatic rings. The first-order valence-corrected chi connectivity index (χ1v) is 7.60. The molecule has 1 aromatic carbocycles. The fourth-order valence-corrected chi connectivity index (χ4v) is 2.71. The van der Waals surface area contributed by atoms with Crippen molar-refractivity contribution in [2.24, 2.45) is 5.92 Å². The molecule has 0 spiro atoms. The van der Waals surface area contributed by atoms with Crippen molar-refractivity contribution in [3.63, 3.8) is 0 Å². The maximum atomic E-state index is 13.3. The summed E-state index contributed by atoms with van der Waals surface area (Å²) in [4.78, 5) is 11.7. The molecule has 0 aromatic heterocycles. The van der Waals surface area contributed by atoms with Crippen LogP contribution in [0.1, 0.15) is 24.8 Å². The van der Waals surface area contributed by atoms with Gasteiger partial charge in [0.1, 0.15) is 0 Å². The third kappa shape index (κ3) is 4.87. The quantitative estimate of drug-likeness (QED) is 0.751. The van der Waals surface area contributed by atoms with E-state index in [4.69, 9.17) is 4.74 Å². The summed E-state index contributed by atoms with van der Waals surface area (Å²) >= 11 is 0. The van der Waals surface area contributed by atoms with Crippen molar-refractivity contribution in [1.82, 2.24) is 10.6 Å². The van der Waals surface area contributed by atoms with Crippen molar-refractivity contribution in [2.75, 3.05) is 20.2 Å². The van der Waals surface area contributed by atoms with E-state index in [9.17, 15) is 14.3 Å². The molecule has 0 bridgehead atoms. The fourth-order valence-electron chi connectivity index (χ4n) is 2.71. The largest absolute Gasteiger partial charge is 0.494 e. The Kier molecular flexibility index (Phi) is 6.00. The molecule has 1 aliphatic carbocycles. The summed E-state index contributed by atoms with van der Waals surface area (Å²) in [7, 11) is 1.42. The molecule has 0 unspecified atom stereocenters. The van der Waals surface area contributed by atoms with E-state index >= 15 is 0 Å². The van der Waals surface area contributed by atoms with Gasteiger partial charge in [-0.1, -0.05) is 6.07 Å². The van der Waals surface area contributed by atoms with E-state index < -0.39 is 5.82 Å². The Balaban J connectivity index is 1.66. The number of nitrogens with one attached hydrogen (secondary N) is 2. The highest BCUT2D eigenvalue weighted by molar-refractivity contribution is 5.73. The first-order valence-electron chi connectivity index (χ1n) is 7.60. The minimum absolute atomic E-state index is 0.210. The number of hydrogen-bond donors (Lipinski definition) is 3. The number of carbonyl (C=O) groups excluding carboxylic acids is 1. The van der Waals surface area contributed by atoms with Gasteiger partial charge in [0.25, 0.3) is 0 Å². The summed E-state index contributed by atoms with van der Waals surface area (Å²) in [5, 5.41) is 15.0. The van der Waals surface area contributed by atoms with Gasteiger partial charge in [-0.2, -0.15) is 0 Å². The Morgan fingerprint density at radius 1 is 1.41 bits per heavy atom. The van der Waals surface area contributed by atoms with Crippen molar-refractivity contribution >= 4 is 6.03 Å². The molecular formula is C16H23FN2O3. The molecule has 22 heavy (non-hydrogen) atoms. The van der Waals surface area contributed by atoms with Crippen molar-refractivity contribution in [1.29, 1.82) is 0 Å². The Labute approximate surface area is 129 Å². The minimum atomic E-state index is -0.393. The van der Waals surface area contributed by atoms with Crippen molar-refractivity contribution < 1.29 is 19.0 Å². The van der Waals surface area contributed by atoms with Gasteiger partial charge in [0.05, 0.1) is 13.2 Å². The highest BCUT2D eigenvalue weighted by Crippen LogP contribution is 2.24. The second kappa shape index (κ2) is 7.98. The van der Waals surface area contributed by atoms with Gasteiger partial charge in [-0.15, -0.1) is 0 Å². The second-order valence-corrected chi connectivity index (χ2v) is 5.69. The van der Waals surface area contributed by atoms with Crippen molar-refractivity contribution in [3.05, 3.63) is 29.6 Å². The predicted octanol–water partition coefficient (Wildman–Crippen LogP) is 1.84. The number of ether oxygens (including phenoxy) is 1. The van der Waals surface area contributed by atoms with Gasteiger partial charge in [0.15, 0.2) is 11.6 Å². The monoisotopic (exact) mass is 310 g/mol. The second-order valence-electron chi connectivity index (χ2n) is 5.69. The van der Waals surface area contributed by atoms with E-state index in [1.165, 1.54) is 13.2 Å². The van der Waals surface area contributed by atoms with Crippen molar-refractivity contribution in [3.8, 4) is 5.75 Å². The smallest absolute Gasteiger partial charge is 0.314 e. The predicted molar refractivity (Wildman–Crippen MR) is 81.4 cm³/mol. The van der Waals surface area contributed by atoms with Crippen LogP contribution in [-0.2, 0) is 6.42 Å². The first kappa shape index (κ1) is 16.5. The summed E-state index contributed by atoms with van der Waals surface area (Å²) in [6.45, 7) is 1.06. The number of amides is 2. The Bertz CT molecular complexity index is 510. The summed E-state index contributed by atoms with van der Waals surface area (Å²) < 4.78 is 18.2. The summed E-state index contributed by atoms with van der Waals surface area (Å²) in [6, 6.07) is 4.46. The third-order valence-corrected chi connectivity index (χ3v) is 3.98. The average molecular weight is 310 g/mol. The number of benzene rings is 1. The van der Waals surface area contributed by atoms with Crippen LogP contribution in [0.5, 0.6) is 5.75 Å². The van der Waals surface area contributed by atoms with E-state index in [1.807, 2.05) is 0 Å². The molecule has 0 radical (unpaired) electrons. The topological polar surface area (TPSA) is 70.6 Å². The van der Waals surface area contributed by atoms with Crippen LogP contribution in [0.3, 0.4) is 0 Å². The van der Waals surface area contributed by atoms with Gasteiger partial charge in [0.2, 0.25) is 0 Å². The SMILES string of the molecule is COc1cc(CCNC(=O)NC[C@@H]2CC[C@@H](O)C2)ccc1F. The van der Waals surface area contributed by atoms with E-state index in [-0.39, 0.29) is 17.9 Å².